The second-order valence-corrected chi connectivity index (χ2v) is 9.10. The first kappa shape index (κ1) is 28.5. The summed E-state index contributed by atoms with van der Waals surface area (Å²) in [5.41, 5.74) is 7.99. The molecular formula is C23H33N5O5S2. The van der Waals surface area contributed by atoms with E-state index in [0.29, 0.717) is 6.42 Å². The number of carboxylic acids is 1. The lowest BCUT2D eigenvalue weighted by Gasteiger charge is -2.27. The number of hydrogen-bond acceptors (Lipinski definition) is 7. The number of rotatable bonds is 13. The Morgan fingerprint density at radius 2 is 1.63 bits per heavy atom. The fourth-order valence-corrected chi connectivity index (χ4v) is 4.01. The molecule has 2 rings (SSSR count). The van der Waals surface area contributed by atoms with Gasteiger partial charge in [0.15, 0.2) is 0 Å². The Balaban J connectivity index is 2.07. The zero-order valence-electron chi connectivity index (χ0n) is 19.7. The van der Waals surface area contributed by atoms with Crippen LogP contribution in [0.1, 0.15) is 25.8 Å². The van der Waals surface area contributed by atoms with E-state index < -0.39 is 47.9 Å². The van der Waals surface area contributed by atoms with Crippen molar-refractivity contribution in [2.75, 3.05) is 11.5 Å². The van der Waals surface area contributed by atoms with Gasteiger partial charge in [0.1, 0.15) is 18.1 Å². The third kappa shape index (κ3) is 7.64. The van der Waals surface area contributed by atoms with E-state index in [2.05, 4.69) is 46.2 Å². The van der Waals surface area contributed by atoms with Gasteiger partial charge in [-0.2, -0.15) is 25.3 Å². The number of aromatic amines is 1. The van der Waals surface area contributed by atoms with Gasteiger partial charge in [-0.3, -0.25) is 14.4 Å². The van der Waals surface area contributed by atoms with E-state index in [4.69, 9.17) is 10.8 Å². The Hall–Kier alpha value is -2.70. The van der Waals surface area contributed by atoms with Crippen molar-refractivity contribution in [2.45, 2.75) is 50.9 Å². The average molecular weight is 524 g/mol. The number of nitrogens with one attached hydrogen (secondary N) is 4. The number of carboxylic acid groups (broad SMARTS) is 1. The van der Waals surface area contributed by atoms with Crippen LogP contribution in [-0.2, 0) is 25.6 Å². The summed E-state index contributed by atoms with van der Waals surface area (Å²) in [6, 6.07) is 3.51. The summed E-state index contributed by atoms with van der Waals surface area (Å²) in [4.78, 5) is 52.7. The van der Waals surface area contributed by atoms with Crippen molar-refractivity contribution in [3.8, 4) is 0 Å². The first-order valence-electron chi connectivity index (χ1n) is 11.3. The average Bonchev–Trinajstić information content (AvgIpc) is 3.25. The maximum absolute atomic E-state index is 13.0. The molecule has 0 spiro atoms. The van der Waals surface area contributed by atoms with Gasteiger partial charge in [0.05, 0.1) is 6.04 Å². The third-order valence-electron chi connectivity index (χ3n) is 5.86. The van der Waals surface area contributed by atoms with Crippen LogP contribution in [0.15, 0.2) is 30.5 Å². The van der Waals surface area contributed by atoms with Crippen molar-refractivity contribution in [3.05, 3.63) is 36.0 Å². The number of amides is 3. The van der Waals surface area contributed by atoms with Crippen LogP contribution in [0.5, 0.6) is 0 Å². The summed E-state index contributed by atoms with van der Waals surface area (Å²) in [6.07, 6.45) is 2.66. The Morgan fingerprint density at radius 1 is 1.00 bits per heavy atom. The van der Waals surface area contributed by atoms with E-state index >= 15 is 0 Å². The van der Waals surface area contributed by atoms with Crippen molar-refractivity contribution in [2.24, 2.45) is 11.7 Å². The molecule has 5 unspecified atom stereocenters. The Morgan fingerprint density at radius 3 is 2.23 bits per heavy atom. The van der Waals surface area contributed by atoms with Crippen LogP contribution in [0.3, 0.4) is 0 Å². The molecule has 0 saturated heterocycles. The quantitative estimate of drug-likeness (QED) is 0.178. The topological polar surface area (TPSA) is 166 Å². The van der Waals surface area contributed by atoms with Crippen LogP contribution in [0, 0.1) is 5.92 Å². The normalized spacial score (nSPS) is 15.5. The molecule has 0 aliphatic carbocycles. The molecule has 0 aliphatic rings. The van der Waals surface area contributed by atoms with Crippen LogP contribution in [-0.4, -0.2) is 69.5 Å². The van der Waals surface area contributed by atoms with Crippen LogP contribution in [0.25, 0.3) is 10.9 Å². The molecule has 3 amide bonds. The SMILES string of the molecule is CCC(C)C(NC(=O)C(N)Cc1c[nH]c2ccccc12)C(=O)NC(CS)C(=O)NC(CS)C(=O)O. The minimum absolute atomic E-state index is 0.0717. The highest BCUT2D eigenvalue weighted by Crippen LogP contribution is 2.19. The summed E-state index contributed by atoms with van der Waals surface area (Å²) in [5, 5.41) is 17.7. The third-order valence-corrected chi connectivity index (χ3v) is 6.59. The summed E-state index contributed by atoms with van der Waals surface area (Å²) in [6.45, 7) is 3.67. The highest BCUT2D eigenvalue weighted by atomic mass is 32.1. The van der Waals surface area contributed by atoms with E-state index in [0.717, 1.165) is 16.5 Å². The van der Waals surface area contributed by atoms with Crippen molar-refractivity contribution in [1.82, 2.24) is 20.9 Å². The fraction of sp³-hybridized carbons (Fsp3) is 0.478. The van der Waals surface area contributed by atoms with Gasteiger partial charge in [-0.1, -0.05) is 38.5 Å². The number of nitrogens with two attached hydrogens (primary N) is 1. The van der Waals surface area contributed by atoms with Gasteiger partial charge < -0.3 is 31.8 Å². The van der Waals surface area contributed by atoms with Crippen molar-refractivity contribution in [3.63, 3.8) is 0 Å². The van der Waals surface area contributed by atoms with Gasteiger partial charge in [-0.25, -0.2) is 4.79 Å². The van der Waals surface area contributed by atoms with E-state index in [1.165, 1.54) is 0 Å². The molecule has 2 aromatic rings. The number of para-hydroxylation sites is 1. The number of aliphatic carboxylic acids is 1. The molecule has 12 heteroatoms. The number of fused-ring (bicyclic) bond motifs is 1. The lowest BCUT2D eigenvalue weighted by atomic mass is 9.97. The summed E-state index contributed by atoms with van der Waals surface area (Å²) in [7, 11) is 0. The summed E-state index contributed by atoms with van der Waals surface area (Å²) < 4.78 is 0. The largest absolute Gasteiger partial charge is 0.480 e. The monoisotopic (exact) mass is 523 g/mol. The van der Waals surface area contributed by atoms with Crippen molar-refractivity contribution >= 4 is 59.9 Å². The lowest BCUT2D eigenvalue weighted by molar-refractivity contribution is -0.141. The maximum atomic E-state index is 13.0. The predicted molar refractivity (Wildman–Crippen MR) is 141 cm³/mol. The first-order chi connectivity index (χ1) is 16.6. The zero-order valence-corrected chi connectivity index (χ0v) is 21.4. The van der Waals surface area contributed by atoms with Gasteiger partial charge in [-0.05, 0) is 24.0 Å². The second-order valence-electron chi connectivity index (χ2n) is 8.37. The van der Waals surface area contributed by atoms with Crippen LogP contribution >= 0.6 is 25.3 Å². The highest BCUT2D eigenvalue weighted by molar-refractivity contribution is 7.80. The summed E-state index contributed by atoms with van der Waals surface area (Å²) >= 11 is 8.02. The minimum Gasteiger partial charge on any atom is -0.480 e. The summed E-state index contributed by atoms with van der Waals surface area (Å²) in [5.74, 6) is -3.48. The molecule has 1 aromatic heterocycles. The van der Waals surface area contributed by atoms with Crippen molar-refractivity contribution < 1.29 is 24.3 Å². The number of carbonyl (C=O) groups is 4. The van der Waals surface area contributed by atoms with Gasteiger partial charge in [0, 0.05) is 28.6 Å². The second kappa shape index (κ2) is 13.4. The molecule has 0 aliphatic heterocycles. The fourth-order valence-electron chi connectivity index (χ4n) is 3.51. The molecule has 5 atom stereocenters. The maximum Gasteiger partial charge on any atom is 0.327 e. The number of H-pyrrole nitrogens is 1. The minimum atomic E-state index is -1.24. The number of thiol groups is 2. The standard InChI is InChI=1S/C23H33N5O5S2/c1-3-12(2)19(22(31)26-17(10-34)21(30)27-18(11-35)23(32)33)28-20(29)15(24)8-13-9-25-16-7-5-4-6-14(13)16/h4-7,9,12,15,17-19,25,34-35H,3,8,10-11,24H2,1-2H3,(H,26,31)(H,27,30)(H,28,29)(H,32,33). The first-order valence-corrected chi connectivity index (χ1v) is 12.6. The molecule has 1 heterocycles. The molecule has 1 aromatic carbocycles. The van der Waals surface area contributed by atoms with E-state index in [9.17, 15) is 19.2 Å². The number of aromatic nitrogens is 1. The van der Waals surface area contributed by atoms with E-state index in [1.54, 1.807) is 6.92 Å². The number of benzene rings is 1. The van der Waals surface area contributed by atoms with Crippen LogP contribution in [0.4, 0.5) is 0 Å². The van der Waals surface area contributed by atoms with Gasteiger partial charge in [-0.15, -0.1) is 0 Å². The molecular weight excluding hydrogens is 490 g/mol. The molecule has 192 valence electrons. The smallest absolute Gasteiger partial charge is 0.327 e. The molecule has 0 bridgehead atoms. The molecule has 7 N–H and O–H groups in total. The number of hydrogen-bond donors (Lipinski definition) is 8. The molecule has 0 saturated carbocycles. The molecule has 0 fully saturated rings. The molecule has 0 radical (unpaired) electrons. The molecule has 10 nitrogen and oxygen atoms in total. The van der Waals surface area contributed by atoms with Gasteiger partial charge >= 0.3 is 5.97 Å². The Kier molecular flexibility index (Phi) is 10.9. The van der Waals surface area contributed by atoms with E-state index in [1.807, 2.05) is 37.4 Å². The lowest BCUT2D eigenvalue weighted by Crippen LogP contribution is -2.59. The number of carbonyl (C=O) groups excluding carboxylic acids is 3. The van der Waals surface area contributed by atoms with E-state index in [-0.39, 0.29) is 23.8 Å². The van der Waals surface area contributed by atoms with Crippen LogP contribution < -0.4 is 21.7 Å². The molecule has 35 heavy (non-hydrogen) atoms. The predicted octanol–water partition coefficient (Wildman–Crippen LogP) is 0.482. The highest BCUT2D eigenvalue weighted by Gasteiger charge is 2.32. The van der Waals surface area contributed by atoms with Gasteiger partial charge in [0.2, 0.25) is 17.7 Å². The Bertz CT molecular complexity index is 1050. The van der Waals surface area contributed by atoms with Crippen LogP contribution in [0.2, 0.25) is 0 Å². The Labute approximate surface area is 215 Å². The van der Waals surface area contributed by atoms with Crippen molar-refractivity contribution in [1.29, 1.82) is 0 Å². The zero-order chi connectivity index (χ0) is 26.1. The van der Waals surface area contributed by atoms with Gasteiger partial charge in [0.25, 0.3) is 0 Å².